The van der Waals surface area contributed by atoms with Crippen LogP contribution in [-0.4, -0.2) is 59.6 Å². The summed E-state index contributed by atoms with van der Waals surface area (Å²) in [7, 11) is 0. The SMILES string of the molecule is O=c1[nH]c2ccc(OCC(F)(F)F)cc2n1C1CCN(C2CCOCC2)CC1. The van der Waals surface area contributed by atoms with Gasteiger partial charge in [-0.25, -0.2) is 4.79 Å². The Bertz CT molecular complexity index is 863. The summed E-state index contributed by atoms with van der Waals surface area (Å²) in [6.07, 6.45) is -0.658. The maximum absolute atomic E-state index is 12.5. The Kier molecular flexibility index (Phi) is 5.37. The molecule has 0 bridgehead atoms. The molecule has 2 fully saturated rings. The van der Waals surface area contributed by atoms with Gasteiger partial charge in [-0.05, 0) is 37.8 Å². The number of likely N-dealkylation sites (tertiary alicyclic amines) is 1. The van der Waals surface area contributed by atoms with E-state index < -0.39 is 12.8 Å². The highest BCUT2D eigenvalue weighted by molar-refractivity contribution is 5.77. The minimum atomic E-state index is -4.40. The van der Waals surface area contributed by atoms with Crippen molar-refractivity contribution in [3.8, 4) is 5.75 Å². The third kappa shape index (κ3) is 4.20. The number of hydrogen-bond acceptors (Lipinski definition) is 4. The second-order valence-corrected chi connectivity index (χ2v) is 7.49. The predicted molar refractivity (Wildman–Crippen MR) is 97.8 cm³/mol. The summed E-state index contributed by atoms with van der Waals surface area (Å²) >= 11 is 0. The van der Waals surface area contributed by atoms with Gasteiger partial charge in [-0.2, -0.15) is 13.2 Å². The minimum absolute atomic E-state index is 0.0233. The van der Waals surface area contributed by atoms with Crippen molar-refractivity contribution >= 4 is 11.0 Å². The highest BCUT2D eigenvalue weighted by Crippen LogP contribution is 2.29. The number of fused-ring (bicyclic) bond motifs is 1. The summed E-state index contributed by atoms with van der Waals surface area (Å²) in [4.78, 5) is 17.8. The van der Waals surface area contributed by atoms with Crippen LogP contribution >= 0.6 is 0 Å². The van der Waals surface area contributed by atoms with Crippen molar-refractivity contribution in [1.29, 1.82) is 0 Å². The normalized spacial score (nSPS) is 20.7. The zero-order valence-electron chi connectivity index (χ0n) is 15.5. The molecule has 2 aromatic rings. The van der Waals surface area contributed by atoms with Crippen LogP contribution in [0.1, 0.15) is 31.7 Å². The van der Waals surface area contributed by atoms with E-state index in [1.165, 1.54) is 12.1 Å². The summed E-state index contributed by atoms with van der Waals surface area (Å²) in [5, 5.41) is 0. The quantitative estimate of drug-likeness (QED) is 0.859. The molecule has 6 nitrogen and oxygen atoms in total. The lowest BCUT2D eigenvalue weighted by Gasteiger charge is -2.39. The molecule has 1 aromatic heterocycles. The summed E-state index contributed by atoms with van der Waals surface area (Å²) in [5.41, 5.74) is 0.970. The van der Waals surface area contributed by atoms with E-state index in [1.54, 1.807) is 10.6 Å². The van der Waals surface area contributed by atoms with Crippen molar-refractivity contribution in [3.05, 3.63) is 28.7 Å². The predicted octanol–water partition coefficient (Wildman–Crippen LogP) is 3.09. The first-order valence-corrected chi connectivity index (χ1v) is 9.66. The topological polar surface area (TPSA) is 59.5 Å². The van der Waals surface area contributed by atoms with Crippen molar-refractivity contribution in [2.45, 2.75) is 43.9 Å². The molecule has 0 unspecified atom stereocenters. The molecule has 2 saturated heterocycles. The minimum Gasteiger partial charge on any atom is -0.484 e. The van der Waals surface area contributed by atoms with Crippen molar-refractivity contribution in [2.24, 2.45) is 0 Å². The molecule has 1 aromatic carbocycles. The first kappa shape index (κ1) is 19.3. The Hall–Kier alpha value is -2.00. The summed E-state index contributed by atoms with van der Waals surface area (Å²) in [5.74, 6) is 0.109. The van der Waals surface area contributed by atoms with Crippen molar-refractivity contribution in [1.82, 2.24) is 14.5 Å². The highest BCUT2D eigenvalue weighted by Gasteiger charge is 2.30. The smallest absolute Gasteiger partial charge is 0.422 e. The molecule has 1 N–H and O–H groups in total. The Labute approximate surface area is 160 Å². The number of H-pyrrole nitrogens is 1. The lowest BCUT2D eigenvalue weighted by Crippen LogP contribution is -2.45. The lowest BCUT2D eigenvalue weighted by molar-refractivity contribution is -0.153. The van der Waals surface area contributed by atoms with Gasteiger partial charge in [-0.1, -0.05) is 0 Å². The monoisotopic (exact) mass is 399 g/mol. The Morgan fingerprint density at radius 1 is 1.11 bits per heavy atom. The average molecular weight is 399 g/mol. The number of alkyl halides is 3. The fraction of sp³-hybridized carbons (Fsp3) is 0.632. The van der Waals surface area contributed by atoms with Gasteiger partial charge >= 0.3 is 11.9 Å². The second kappa shape index (κ2) is 7.79. The van der Waals surface area contributed by atoms with Crippen LogP contribution in [0.5, 0.6) is 5.75 Å². The molecule has 0 aliphatic carbocycles. The van der Waals surface area contributed by atoms with E-state index >= 15 is 0 Å². The zero-order chi connectivity index (χ0) is 19.7. The van der Waals surface area contributed by atoms with Gasteiger partial charge in [0, 0.05) is 44.5 Å². The summed E-state index contributed by atoms with van der Waals surface area (Å²) < 4.78 is 49.2. The number of aromatic nitrogens is 2. The second-order valence-electron chi connectivity index (χ2n) is 7.49. The number of ether oxygens (including phenoxy) is 2. The summed E-state index contributed by atoms with van der Waals surface area (Å²) in [6.45, 7) is 2.05. The Morgan fingerprint density at radius 3 is 2.50 bits per heavy atom. The number of piperidine rings is 1. The first-order valence-electron chi connectivity index (χ1n) is 9.66. The molecular weight excluding hydrogens is 375 g/mol. The van der Waals surface area contributed by atoms with Gasteiger partial charge in [0.05, 0.1) is 11.0 Å². The van der Waals surface area contributed by atoms with Gasteiger partial charge < -0.3 is 19.4 Å². The highest BCUT2D eigenvalue weighted by atomic mass is 19.4. The molecule has 2 aliphatic heterocycles. The zero-order valence-corrected chi connectivity index (χ0v) is 15.5. The van der Waals surface area contributed by atoms with Crippen molar-refractivity contribution in [2.75, 3.05) is 32.9 Å². The van der Waals surface area contributed by atoms with E-state index in [0.29, 0.717) is 17.1 Å². The maximum Gasteiger partial charge on any atom is 0.422 e. The lowest BCUT2D eigenvalue weighted by atomic mass is 9.99. The van der Waals surface area contributed by atoms with Gasteiger partial charge in [0.1, 0.15) is 5.75 Å². The van der Waals surface area contributed by atoms with Crippen LogP contribution in [0.15, 0.2) is 23.0 Å². The van der Waals surface area contributed by atoms with Crippen molar-refractivity contribution < 1.29 is 22.6 Å². The Morgan fingerprint density at radius 2 is 1.82 bits per heavy atom. The molecule has 9 heteroatoms. The largest absolute Gasteiger partial charge is 0.484 e. The maximum atomic E-state index is 12.5. The van der Waals surface area contributed by atoms with Crippen molar-refractivity contribution in [3.63, 3.8) is 0 Å². The number of rotatable bonds is 4. The molecule has 0 saturated carbocycles. The van der Waals surface area contributed by atoms with Gasteiger partial charge in [0.25, 0.3) is 0 Å². The number of nitrogens with one attached hydrogen (secondary N) is 1. The van der Waals surface area contributed by atoms with E-state index in [0.717, 1.165) is 52.0 Å². The van der Waals surface area contributed by atoms with Crippen LogP contribution in [0.25, 0.3) is 11.0 Å². The molecular formula is C19H24F3N3O3. The first-order chi connectivity index (χ1) is 13.4. The van der Waals surface area contributed by atoms with E-state index in [4.69, 9.17) is 9.47 Å². The fourth-order valence-electron chi connectivity index (χ4n) is 4.28. The van der Waals surface area contributed by atoms with Gasteiger partial charge in [0.15, 0.2) is 6.61 Å². The number of aromatic amines is 1. The standard InChI is InChI=1S/C19H24F3N3O3/c20-19(21,22)12-28-15-1-2-16-17(11-15)25(18(26)23-16)14-3-7-24(8-4-14)13-5-9-27-10-6-13/h1-2,11,13-14H,3-10,12H2,(H,23,26). The van der Waals surface area contributed by atoms with Crippen LogP contribution in [-0.2, 0) is 4.74 Å². The molecule has 2 aliphatic rings. The van der Waals surface area contributed by atoms with Crippen LogP contribution < -0.4 is 10.4 Å². The van der Waals surface area contributed by atoms with E-state index in [9.17, 15) is 18.0 Å². The van der Waals surface area contributed by atoms with Crippen LogP contribution in [0.3, 0.4) is 0 Å². The molecule has 0 radical (unpaired) electrons. The number of hydrogen-bond donors (Lipinski definition) is 1. The molecule has 0 amide bonds. The molecule has 28 heavy (non-hydrogen) atoms. The van der Waals surface area contributed by atoms with E-state index in [2.05, 4.69) is 9.88 Å². The number of imidazole rings is 1. The molecule has 4 rings (SSSR count). The van der Waals surface area contributed by atoms with Gasteiger partial charge in [0.2, 0.25) is 0 Å². The van der Waals surface area contributed by atoms with Gasteiger partial charge in [-0.3, -0.25) is 4.57 Å². The average Bonchev–Trinajstić information content (AvgIpc) is 3.01. The number of benzene rings is 1. The fourth-order valence-corrected chi connectivity index (χ4v) is 4.28. The van der Waals surface area contributed by atoms with Crippen LogP contribution in [0.2, 0.25) is 0 Å². The van der Waals surface area contributed by atoms with E-state index in [1.807, 2.05) is 0 Å². The van der Waals surface area contributed by atoms with E-state index in [-0.39, 0.29) is 17.5 Å². The summed E-state index contributed by atoms with van der Waals surface area (Å²) in [6, 6.07) is 5.12. The Balaban J connectivity index is 1.50. The third-order valence-electron chi connectivity index (χ3n) is 5.66. The number of nitrogens with zero attached hydrogens (tertiary/aromatic N) is 2. The number of halogens is 3. The van der Waals surface area contributed by atoms with Crippen LogP contribution in [0.4, 0.5) is 13.2 Å². The third-order valence-corrected chi connectivity index (χ3v) is 5.66. The molecule has 154 valence electrons. The van der Waals surface area contributed by atoms with Gasteiger partial charge in [-0.15, -0.1) is 0 Å². The molecule has 0 spiro atoms. The molecule has 3 heterocycles. The molecule has 0 atom stereocenters. The van der Waals surface area contributed by atoms with Crippen LogP contribution in [0, 0.1) is 0 Å².